The molecule has 3 aliphatic heterocycles. The second-order valence-corrected chi connectivity index (χ2v) is 10.2. The Morgan fingerprint density at radius 3 is 2.26 bits per heavy atom. The van der Waals surface area contributed by atoms with Crippen LogP contribution in [-0.4, -0.2) is 70.5 Å². The number of carbonyl (C=O) groups excluding carboxylic acids is 1. The van der Waals surface area contributed by atoms with Crippen molar-refractivity contribution < 1.29 is 9.90 Å². The summed E-state index contributed by atoms with van der Waals surface area (Å²) in [5.41, 5.74) is 3.08. The van der Waals surface area contributed by atoms with Gasteiger partial charge >= 0.3 is 0 Å². The molecule has 3 heterocycles. The number of amides is 1. The van der Waals surface area contributed by atoms with Crippen molar-refractivity contribution in [3.63, 3.8) is 0 Å². The van der Waals surface area contributed by atoms with Crippen molar-refractivity contribution in [1.82, 2.24) is 14.7 Å². The summed E-state index contributed by atoms with van der Waals surface area (Å²) in [5, 5.41) is 10.3. The number of phenolic OH excluding ortho intramolecular Hbond substituents is 1. The molecule has 5 nitrogen and oxygen atoms in total. The molecule has 3 saturated heterocycles. The van der Waals surface area contributed by atoms with Gasteiger partial charge in [-0.1, -0.05) is 43.2 Å². The maximum atomic E-state index is 13.1. The summed E-state index contributed by atoms with van der Waals surface area (Å²) in [7, 11) is 0. The number of nitrogens with zero attached hydrogens (tertiary/aromatic N) is 3. The van der Waals surface area contributed by atoms with Crippen molar-refractivity contribution in [2.24, 2.45) is 0 Å². The normalized spacial score (nSPS) is 24.5. The number of benzene rings is 2. The summed E-state index contributed by atoms with van der Waals surface area (Å²) in [4.78, 5) is 20.3. The van der Waals surface area contributed by atoms with Crippen LogP contribution in [0.15, 0.2) is 61.2 Å². The molecule has 3 aliphatic rings. The average Bonchev–Trinajstić information content (AvgIpc) is 3.04. The summed E-state index contributed by atoms with van der Waals surface area (Å²) < 4.78 is 0. The summed E-state index contributed by atoms with van der Waals surface area (Å²) in [6.07, 6.45) is 9.03. The number of carbonyl (C=O) groups is 1. The first-order chi connectivity index (χ1) is 16.6. The predicted octanol–water partition coefficient (Wildman–Crippen LogP) is 4.83. The van der Waals surface area contributed by atoms with E-state index in [1.165, 1.54) is 31.2 Å². The Hall–Kier alpha value is -2.63. The van der Waals surface area contributed by atoms with Gasteiger partial charge in [0.05, 0.1) is 6.04 Å². The molecule has 3 atom stereocenters. The minimum Gasteiger partial charge on any atom is -0.508 e. The van der Waals surface area contributed by atoms with Crippen LogP contribution < -0.4 is 0 Å². The van der Waals surface area contributed by atoms with E-state index in [-0.39, 0.29) is 11.9 Å². The number of phenols is 1. The minimum atomic E-state index is 0.0674. The molecular weight excluding hydrogens is 422 g/mol. The van der Waals surface area contributed by atoms with Gasteiger partial charge in [-0.15, -0.1) is 6.58 Å². The molecule has 1 N–H and O–H groups in total. The fourth-order valence-electron chi connectivity index (χ4n) is 6.27. The van der Waals surface area contributed by atoms with Crippen LogP contribution in [0, 0.1) is 0 Å². The zero-order valence-electron chi connectivity index (χ0n) is 20.1. The molecule has 0 aliphatic carbocycles. The summed E-state index contributed by atoms with van der Waals surface area (Å²) >= 11 is 0. The van der Waals surface area contributed by atoms with Gasteiger partial charge in [0.25, 0.3) is 5.91 Å². The molecule has 5 rings (SSSR count). The van der Waals surface area contributed by atoms with Crippen LogP contribution in [-0.2, 0) is 0 Å². The Balaban J connectivity index is 1.43. The van der Waals surface area contributed by atoms with E-state index in [0.29, 0.717) is 17.8 Å². The third-order valence-electron chi connectivity index (χ3n) is 7.85. The molecule has 3 unspecified atom stereocenters. The van der Waals surface area contributed by atoms with Crippen molar-refractivity contribution in [3.05, 3.63) is 77.9 Å². The Morgan fingerprint density at radius 2 is 1.65 bits per heavy atom. The Morgan fingerprint density at radius 1 is 0.971 bits per heavy atom. The second kappa shape index (κ2) is 10.3. The van der Waals surface area contributed by atoms with Gasteiger partial charge in [-0.2, -0.15) is 0 Å². The van der Waals surface area contributed by atoms with Crippen LogP contribution in [0.5, 0.6) is 5.75 Å². The lowest BCUT2D eigenvalue weighted by atomic mass is 9.93. The summed E-state index contributed by atoms with van der Waals surface area (Å²) in [6, 6.07) is 17.0. The second-order valence-electron chi connectivity index (χ2n) is 10.2. The molecular formula is C29H37N3O2. The molecule has 3 fully saturated rings. The van der Waals surface area contributed by atoms with Crippen LogP contribution in [0.2, 0.25) is 0 Å². The zero-order chi connectivity index (χ0) is 23.5. The van der Waals surface area contributed by atoms with Gasteiger partial charge in [-0.3, -0.25) is 14.6 Å². The van der Waals surface area contributed by atoms with E-state index in [1.807, 2.05) is 35.2 Å². The standard InChI is InChI=1S/C29H37N3O2/c1-2-16-30-20-25-14-15-26(21-30)32(25)28(24-8-7-9-27(33)19-24)22-10-12-23(13-11-22)29(34)31-17-5-3-4-6-18-31/h2,7-13,19,25-26,28,33H,1,3-6,14-18,20-21H2. The van der Waals surface area contributed by atoms with Gasteiger partial charge in [0, 0.05) is 50.4 Å². The van der Waals surface area contributed by atoms with Crippen LogP contribution in [0.4, 0.5) is 0 Å². The maximum absolute atomic E-state index is 13.1. The van der Waals surface area contributed by atoms with Gasteiger partial charge in [0.2, 0.25) is 0 Å². The van der Waals surface area contributed by atoms with Gasteiger partial charge in [-0.25, -0.2) is 0 Å². The highest BCUT2D eigenvalue weighted by Gasteiger charge is 2.44. The van der Waals surface area contributed by atoms with Gasteiger partial charge < -0.3 is 10.0 Å². The van der Waals surface area contributed by atoms with Crippen LogP contribution in [0.1, 0.15) is 66.1 Å². The maximum Gasteiger partial charge on any atom is 0.253 e. The lowest BCUT2D eigenvalue weighted by molar-refractivity contribution is 0.0499. The van der Waals surface area contributed by atoms with Gasteiger partial charge in [-0.05, 0) is 61.1 Å². The largest absolute Gasteiger partial charge is 0.508 e. The number of fused-ring (bicyclic) bond motifs is 2. The van der Waals surface area contributed by atoms with Crippen LogP contribution in [0.3, 0.4) is 0 Å². The fraction of sp³-hybridized carbons (Fsp3) is 0.483. The van der Waals surface area contributed by atoms with Crippen molar-refractivity contribution in [2.45, 2.75) is 56.7 Å². The monoisotopic (exact) mass is 459 g/mol. The Kier molecular flexibility index (Phi) is 7.02. The molecule has 0 spiro atoms. The molecule has 34 heavy (non-hydrogen) atoms. The van der Waals surface area contributed by atoms with E-state index in [1.54, 1.807) is 6.07 Å². The quantitative estimate of drug-likeness (QED) is 0.629. The number of likely N-dealkylation sites (tertiary alicyclic amines) is 2. The van der Waals surface area contributed by atoms with Crippen molar-refractivity contribution >= 4 is 5.91 Å². The average molecular weight is 460 g/mol. The zero-order valence-corrected chi connectivity index (χ0v) is 20.1. The van der Waals surface area contributed by atoms with Crippen LogP contribution >= 0.6 is 0 Å². The predicted molar refractivity (Wildman–Crippen MR) is 136 cm³/mol. The number of hydrogen-bond donors (Lipinski definition) is 1. The molecule has 5 heteroatoms. The van der Waals surface area contributed by atoms with Crippen molar-refractivity contribution in [1.29, 1.82) is 0 Å². The van der Waals surface area contributed by atoms with Gasteiger partial charge in [0.1, 0.15) is 5.75 Å². The van der Waals surface area contributed by atoms with E-state index in [2.05, 4.69) is 34.6 Å². The summed E-state index contributed by atoms with van der Waals surface area (Å²) in [5.74, 6) is 0.452. The molecule has 0 saturated carbocycles. The number of rotatable bonds is 6. The first kappa shape index (κ1) is 23.1. The van der Waals surface area contributed by atoms with E-state index >= 15 is 0 Å². The van der Waals surface area contributed by atoms with Gasteiger partial charge in [0.15, 0.2) is 0 Å². The molecule has 180 valence electrons. The first-order valence-corrected chi connectivity index (χ1v) is 12.9. The van der Waals surface area contributed by atoms with Crippen molar-refractivity contribution in [3.8, 4) is 5.75 Å². The van der Waals surface area contributed by atoms with E-state index < -0.39 is 0 Å². The van der Waals surface area contributed by atoms with E-state index in [9.17, 15) is 9.90 Å². The first-order valence-electron chi connectivity index (χ1n) is 12.9. The lowest BCUT2D eigenvalue weighted by Gasteiger charge is -2.45. The number of aromatic hydroxyl groups is 1. The molecule has 2 aromatic carbocycles. The third-order valence-corrected chi connectivity index (χ3v) is 7.85. The highest BCUT2D eigenvalue weighted by molar-refractivity contribution is 5.94. The smallest absolute Gasteiger partial charge is 0.253 e. The summed E-state index contributed by atoms with van der Waals surface area (Å²) in [6.45, 7) is 8.69. The Bertz CT molecular complexity index is 983. The molecule has 2 aromatic rings. The highest BCUT2D eigenvalue weighted by atomic mass is 16.3. The topological polar surface area (TPSA) is 47.0 Å². The number of hydrogen-bond acceptors (Lipinski definition) is 4. The van der Waals surface area contributed by atoms with Crippen LogP contribution in [0.25, 0.3) is 0 Å². The SMILES string of the molecule is C=CCN1CC2CCC(C1)N2C(c1ccc(C(=O)N2CCCCCC2)cc1)c1cccc(O)c1. The molecule has 2 bridgehead atoms. The van der Waals surface area contributed by atoms with Crippen molar-refractivity contribution in [2.75, 3.05) is 32.7 Å². The fourth-order valence-corrected chi connectivity index (χ4v) is 6.27. The molecule has 0 aromatic heterocycles. The third kappa shape index (κ3) is 4.77. The van der Waals surface area contributed by atoms with E-state index in [4.69, 9.17) is 0 Å². The van der Waals surface area contributed by atoms with E-state index in [0.717, 1.165) is 56.7 Å². The molecule has 0 radical (unpaired) electrons. The lowest BCUT2D eigenvalue weighted by Crippen LogP contribution is -2.54. The number of piperazine rings is 1. The Labute approximate surface area is 203 Å². The minimum absolute atomic E-state index is 0.0674. The highest BCUT2D eigenvalue weighted by Crippen LogP contribution is 2.41. The molecule has 1 amide bonds.